The van der Waals surface area contributed by atoms with Gasteiger partial charge in [-0.25, -0.2) is 0 Å². The molecule has 0 aliphatic heterocycles. The number of amides is 1. The summed E-state index contributed by atoms with van der Waals surface area (Å²) in [5.74, 6) is 1.31. The number of ether oxygens (including phenoxy) is 1. The molecule has 0 saturated carbocycles. The van der Waals surface area contributed by atoms with Crippen LogP contribution in [-0.4, -0.2) is 15.5 Å². The lowest BCUT2D eigenvalue weighted by atomic mass is 10.1. The van der Waals surface area contributed by atoms with Gasteiger partial charge >= 0.3 is 0 Å². The van der Waals surface area contributed by atoms with Crippen LogP contribution in [0.2, 0.25) is 0 Å². The van der Waals surface area contributed by atoms with Gasteiger partial charge in [-0.2, -0.15) is 0 Å². The maximum atomic E-state index is 12.7. The van der Waals surface area contributed by atoms with Gasteiger partial charge in [0.05, 0.1) is 11.8 Å². The van der Waals surface area contributed by atoms with Crippen LogP contribution in [0.25, 0.3) is 0 Å². The van der Waals surface area contributed by atoms with Gasteiger partial charge in [-0.3, -0.25) is 9.78 Å². The number of benzene rings is 1. The fourth-order valence-electron chi connectivity index (χ4n) is 3.38. The zero-order valence-corrected chi connectivity index (χ0v) is 16.4. The van der Waals surface area contributed by atoms with Gasteiger partial charge in [0.15, 0.2) is 0 Å². The lowest BCUT2D eigenvalue weighted by molar-refractivity contribution is 0.102. The molecule has 0 radical (unpaired) electrons. The first kappa shape index (κ1) is 18.7. The van der Waals surface area contributed by atoms with Crippen LogP contribution in [0.15, 0.2) is 48.8 Å². The highest BCUT2D eigenvalue weighted by Gasteiger charge is 2.17. The van der Waals surface area contributed by atoms with E-state index in [0.29, 0.717) is 17.4 Å². The van der Waals surface area contributed by atoms with Crippen LogP contribution in [0.3, 0.4) is 0 Å². The predicted octanol–water partition coefficient (Wildman–Crippen LogP) is 5.43. The average Bonchev–Trinajstić information content (AvgIpc) is 2.93. The number of nitrogens with one attached hydrogen (secondary N) is 1. The van der Waals surface area contributed by atoms with Crippen LogP contribution < -0.4 is 10.1 Å². The molecule has 5 heteroatoms. The number of carbonyl (C=O) groups excluding carboxylic acids is 1. The van der Waals surface area contributed by atoms with Crippen molar-refractivity contribution in [3.05, 3.63) is 71.3 Å². The summed E-state index contributed by atoms with van der Waals surface area (Å²) in [6.07, 6.45) is 3.37. The topological polar surface area (TPSA) is 56.2 Å². The molecule has 0 aliphatic carbocycles. The summed E-state index contributed by atoms with van der Waals surface area (Å²) in [5.41, 5.74) is 4.45. The second-order valence-corrected chi connectivity index (χ2v) is 6.97. The predicted molar refractivity (Wildman–Crippen MR) is 108 cm³/mol. The molecule has 2 aromatic heterocycles. The lowest BCUT2D eigenvalue weighted by Crippen LogP contribution is -2.14. The van der Waals surface area contributed by atoms with E-state index in [2.05, 4.69) is 28.7 Å². The smallest absolute Gasteiger partial charge is 0.257 e. The normalized spacial score (nSPS) is 10.9. The third-order valence-electron chi connectivity index (χ3n) is 4.54. The number of aryl methyl sites for hydroxylation is 2. The van der Waals surface area contributed by atoms with E-state index in [1.807, 2.05) is 57.2 Å². The number of pyridine rings is 1. The molecule has 27 heavy (non-hydrogen) atoms. The molecule has 3 aromatic rings. The van der Waals surface area contributed by atoms with Gasteiger partial charge in [0, 0.05) is 29.3 Å². The van der Waals surface area contributed by atoms with Crippen LogP contribution >= 0.6 is 0 Å². The van der Waals surface area contributed by atoms with E-state index in [0.717, 1.165) is 28.4 Å². The Morgan fingerprint density at radius 2 is 1.93 bits per heavy atom. The zero-order chi connectivity index (χ0) is 19.6. The summed E-state index contributed by atoms with van der Waals surface area (Å²) in [4.78, 5) is 16.8. The third kappa shape index (κ3) is 4.03. The van der Waals surface area contributed by atoms with Crippen molar-refractivity contribution in [3.8, 4) is 11.5 Å². The highest BCUT2D eigenvalue weighted by molar-refractivity contribution is 6.05. The van der Waals surface area contributed by atoms with E-state index >= 15 is 0 Å². The largest absolute Gasteiger partial charge is 0.455 e. The first-order chi connectivity index (χ1) is 12.9. The van der Waals surface area contributed by atoms with Crippen molar-refractivity contribution in [2.45, 2.75) is 40.7 Å². The summed E-state index contributed by atoms with van der Waals surface area (Å²) in [7, 11) is 0. The molecular formula is C22H25N3O2. The Kier molecular flexibility index (Phi) is 5.31. The molecule has 140 valence electrons. The minimum atomic E-state index is -0.102. The number of anilines is 1. The molecule has 3 rings (SSSR count). The minimum absolute atomic E-state index is 0.102. The number of hydrogen-bond donors (Lipinski definition) is 1. The number of hydrogen-bond acceptors (Lipinski definition) is 3. The second-order valence-electron chi connectivity index (χ2n) is 6.97. The van der Waals surface area contributed by atoms with Crippen molar-refractivity contribution < 1.29 is 9.53 Å². The van der Waals surface area contributed by atoms with Gasteiger partial charge in [0.2, 0.25) is 0 Å². The summed E-state index contributed by atoms with van der Waals surface area (Å²) in [5, 5.41) is 2.99. The summed E-state index contributed by atoms with van der Waals surface area (Å²) in [6.45, 7) is 10.2. The van der Waals surface area contributed by atoms with Gasteiger partial charge in [0.1, 0.15) is 11.5 Å². The molecule has 1 aromatic carbocycles. The van der Waals surface area contributed by atoms with E-state index in [-0.39, 0.29) is 5.91 Å². The quantitative estimate of drug-likeness (QED) is 0.657. The van der Waals surface area contributed by atoms with E-state index in [1.54, 1.807) is 12.4 Å². The second kappa shape index (κ2) is 7.66. The Balaban J connectivity index is 1.77. The number of rotatable bonds is 5. The Morgan fingerprint density at radius 1 is 1.15 bits per heavy atom. The van der Waals surface area contributed by atoms with Crippen molar-refractivity contribution >= 4 is 11.6 Å². The van der Waals surface area contributed by atoms with Gasteiger partial charge < -0.3 is 14.6 Å². The number of carbonyl (C=O) groups is 1. The van der Waals surface area contributed by atoms with E-state index in [4.69, 9.17) is 4.74 Å². The van der Waals surface area contributed by atoms with Crippen molar-refractivity contribution in [3.63, 3.8) is 0 Å². The Hall–Kier alpha value is -3.08. The summed E-state index contributed by atoms with van der Waals surface area (Å²) in [6, 6.07) is 11.5. The summed E-state index contributed by atoms with van der Waals surface area (Å²) >= 11 is 0. The van der Waals surface area contributed by atoms with Crippen molar-refractivity contribution in [2.24, 2.45) is 0 Å². The van der Waals surface area contributed by atoms with E-state index in [9.17, 15) is 4.79 Å². The molecule has 0 saturated heterocycles. The monoisotopic (exact) mass is 363 g/mol. The molecule has 2 heterocycles. The van der Waals surface area contributed by atoms with Crippen LogP contribution in [0.5, 0.6) is 11.5 Å². The van der Waals surface area contributed by atoms with Gasteiger partial charge in [0.25, 0.3) is 5.91 Å². The average molecular weight is 363 g/mol. The van der Waals surface area contributed by atoms with Crippen LogP contribution in [0.4, 0.5) is 5.69 Å². The molecule has 0 unspecified atom stereocenters. The molecule has 0 bridgehead atoms. The molecule has 0 spiro atoms. The first-order valence-electron chi connectivity index (χ1n) is 9.05. The molecule has 0 aliphatic rings. The van der Waals surface area contributed by atoms with Crippen molar-refractivity contribution in [2.75, 3.05) is 5.32 Å². The fraction of sp³-hybridized carbons (Fsp3) is 0.273. The lowest BCUT2D eigenvalue weighted by Gasteiger charge is -2.14. The molecule has 0 fully saturated rings. The Morgan fingerprint density at radius 3 is 2.52 bits per heavy atom. The Labute approximate surface area is 160 Å². The minimum Gasteiger partial charge on any atom is -0.455 e. The summed E-state index contributed by atoms with van der Waals surface area (Å²) < 4.78 is 8.01. The maximum absolute atomic E-state index is 12.7. The fourth-order valence-corrected chi connectivity index (χ4v) is 3.38. The number of nitrogens with zero attached hydrogens (tertiary/aromatic N) is 2. The highest BCUT2D eigenvalue weighted by Crippen LogP contribution is 2.27. The van der Waals surface area contributed by atoms with Crippen LogP contribution in [0, 0.1) is 20.8 Å². The number of aromatic nitrogens is 2. The van der Waals surface area contributed by atoms with E-state index in [1.165, 1.54) is 0 Å². The van der Waals surface area contributed by atoms with E-state index < -0.39 is 0 Å². The van der Waals surface area contributed by atoms with Crippen molar-refractivity contribution in [1.29, 1.82) is 0 Å². The maximum Gasteiger partial charge on any atom is 0.257 e. The molecular weight excluding hydrogens is 338 g/mol. The van der Waals surface area contributed by atoms with Crippen LogP contribution in [0.1, 0.15) is 47.2 Å². The standard InChI is InChI=1S/C22H25N3O2/c1-14(2)25-16(4)12-20(17(25)5)22(26)24-18-8-9-21(15(3)11-18)27-19-7-6-10-23-13-19/h6-14H,1-5H3,(H,24,26). The molecule has 0 atom stereocenters. The zero-order valence-electron chi connectivity index (χ0n) is 16.4. The first-order valence-corrected chi connectivity index (χ1v) is 9.05. The molecule has 1 amide bonds. The Bertz CT molecular complexity index is 959. The highest BCUT2D eigenvalue weighted by atomic mass is 16.5. The van der Waals surface area contributed by atoms with Gasteiger partial charge in [-0.1, -0.05) is 0 Å². The van der Waals surface area contributed by atoms with Gasteiger partial charge in [-0.05, 0) is 76.6 Å². The van der Waals surface area contributed by atoms with Crippen LogP contribution in [-0.2, 0) is 0 Å². The SMILES string of the molecule is Cc1cc(NC(=O)c2cc(C)n(C(C)C)c2C)ccc1Oc1cccnc1. The third-order valence-corrected chi connectivity index (χ3v) is 4.54. The van der Waals surface area contributed by atoms with Gasteiger partial charge in [-0.15, -0.1) is 0 Å². The van der Waals surface area contributed by atoms with Crippen molar-refractivity contribution in [1.82, 2.24) is 9.55 Å². The molecule has 5 nitrogen and oxygen atoms in total. The molecule has 1 N–H and O–H groups in total.